The molecule has 0 bridgehead atoms. The highest BCUT2D eigenvalue weighted by Gasteiger charge is 2.28. The van der Waals surface area contributed by atoms with Gasteiger partial charge in [-0.3, -0.25) is 9.59 Å². The van der Waals surface area contributed by atoms with Gasteiger partial charge < -0.3 is 14.9 Å². The second-order valence-electron chi connectivity index (χ2n) is 4.17. The van der Waals surface area contributed by atoms with E-state index in [1.54, 1.807) is 16.8 Å². The van der Waals surface area contributed by atoms with Crippen molar-refractivity contribution in [3.8, 4) is 0 Å². The lowest BCUT2D eigenvalue weighted by molar-refractivity contribution is -0.133. The topological polar surface area (TPSA) is 60.9 Å². The Labute approximate surface area is 109 Å². The largest absolute Gasteiger partial charge is 0.388 e. The van der Waals surface area contributed by atoms with E-state index in [1.807, 2.05) is 27.7 Å². The van der Waals surface area contributed by atoms with Gasteiger partial charge in [-0.05, 0) is 13.8 Å². The van der Waals surface area contributed by atoms with Crippen molar-refractivity contribution < 1.29 is 14.7 Å². The highest BCUT2D eigenvalue weighted by atomic mass is 16.3. The predicted molar refractivity (Wildman–Crippen MR) is 71.0 cm³/mol. The molecule has 1 aliphatic rings. The third-order valence-electron chi connectivity index (χ3n) is 2.64. The molecule has 0 aromatic heterocycles. The lowest BCUT2D eigenvalue weighted by Gasteiger charge is -2.37. The molecule has 0 aliphatic carbocycles. The molecular weight excluding hydrogens is 232 g/mol. The summed E-state index contributed by atoms with van der Waals surface area (Å²) in [7, 11) is 1.77. The summed E-state index contributed by atoms with van der Waals surface area (Å²) in [5, 5.41) is 8.68. The standard InChI is InChI=1S/C11H18N2O3.C2H6/c1-8(2)13-5-4-12(3)10(11(13)16)6-9(15)7-14;1-2/h6,8,14H,4-5,7H2,1-3H3;1-2H3/b10-6-;. The summed E-state index contributed by atoms with van der Waals surface area (Å²) in [5.41, 5.74) is 0.360. The number of hydrogen-bond acceptors (Lipinski definition) is 4. The first-order valence-electron chi connectivity index (χ1n) is 6.35. The van der Waals surface area contributed by atoms with Crippen LogP contribution in [0.1, 0.15) is 27.7 Å². The molecule has 104 valence electrons. The maximum Gasteiger partial charge on any atom is 0.270 e. The number of piperazine rings is 1. The Bertz CT molecular complexity index is 324. The summed E-state index contributed by atoms with van der Waals surface area (Å²) >= 11 is 0. The number of aliphatic hydroxyl groups is 1. The highest BCUT2D eigenvalue weighted by molar-refractivity contribution is 6.02. The zero-order valence-corrected chi connectivity index (χ0v) is 11.9. The molecule has 1 saturated heterocycles. The molecule has 0 aromatic carbocycles. The minimum absolute atomic E-state index is 0.119. The number of nitrogens with zero attached hydrogens (tertiary/aromatic N) is 2. The van der Waals surface area contributed by atoms with Crippen molar-refractivity contribution in [1.82, 2.24) is 9.80 Å². The number of amides is 1. The van der Waals surface area contributed by atoms with Crippen molar-refractivity contribution in [1.29, 1.82) is 0 Å². The van der Waals surface area contributed by atoms with Crippen molar-refractivity contribution in [2.45, 2.75) is 33.7 Å². The van der Waals surface area contributed by atoms with Gasteiger partial charge in [0.15, 0.2) is 5.78 Å². The normalized spacial score (nSPS) is 17.9. The molecule has 1 N–H and O–H groups in total. The molecule has 1 aliphatic heterocycles. The van der Waals surface area contributed by atoms with Gasteiger partial charge in [-0.2, -0.15) is 0 Å². The summed E-state index contributed by atoms with van der Waals surface area (Å²) in [4.78, 5) is 26.6. The monoisotopic (exact) mass is 256 g/mol. The highest BCUT2D eigenvalue weighted by Crippen LogP contribution is 2.15. The molecule has 1 fully saturated rings. The average molecular weight is 256 g/mol. The Hall–Kier alpha value is -1.36. The van der Waals surface area contributed by atoms with Gasteiger partial charge in [0.05, 0.1) is 0 Å². The summed E-state index contributed by atoms with van der Waals surface area (Å²) in [6, 6.07) is 0.119. The van der Waals surface area contributed by atoms with Crippen LogP contribution in [0.5, 0.6) is 0 Å². The van der Waals surface area contributed by atoms with E-state index in [0.717, 1.165) is 0 Å². The summed E-state index contributed by atoms with van der Waals surface area (Å²) in [5.74, 6) is -0.591. The van der Waals surface area contributed by atoms with Crippen LogP contribution in [0, 0.1) is 0 Å². The second-order valence-corrected chi connectivity index (χ2v) is 4.17. The first-order chi connectivity index (χ1) is 8.47. The maximum absolute atomic E-state index is 12.0. The van der Waals surface area contributed by atoms with E-state index in [-0.39, 0.29) is 11.9 Å². The second kappa shape index (κ2) is 7.87. The zero-order valence-electron chi connectivity index (χ0n) is 11.9. The van der Waals surface area contributed by atoms with Crippen LogP contribution in [0.15, 0.2) is 11.8 Å². The molecule has 0 aromatic rings. The summed E-state index contributed by atoms with van der Waals surface area (Å²) in [6.45, 7) is 8.68. The molecule has 0 unspecified atom stereocenters. The molecule has 1 amide bonds. The number of hydrogen-bond donors (Lipinski definition) is 1. The molecule has 5 heteroatoms. The van der Waals surface area contributed by atoms with Crippen LogP contribution in [0.2, 0.25) is 0 Å². The number of carbonyl (C=O) groups excluding carboxylic acids is 2. The smallest absolute Gasteiger partial charge is 0.270 e. The fraction of sp³-hybridized carbons (Fsp3) is 0.692. The van der Waals surface area contributed by atoms with Crippen molar-refractivity contribution in [2.24, 2.45) is 0 Å². The maximum atomic E-state index is 12.0. The molecule has 1 rings (SSSR count). The van der Waals surface area contributed by atoms with E-state index in [2.05, 4.69) is 0 Å². The van der Waals surface area contributed by atoms with Gasteiger partial charge in [-0.1, -0.05) is 13.8 Å². The molecule has 18 heavy (non-hydrogen) atoms. The number of ketones is 1. The molecular formula is C13H24N2O3. The van der Waals surface area contributed by atoms with E-state index in [1.165, 1.54) is 6.08 Å². The van der Waals surface area contributed by atoms with Gasteiger partial charge >= 0.3 is 0 Å². The van der Waals surface area contributed by atoms with Gasteiger partial charge in [0.2, 0.25) is 0 Å². The SMILES string of the molecule is CC.CC(C)N1CCN(C)/C(=C\C(=O)CO)C1=O. The van der Waals surface area contributed by atoms with E-state index in [4.69, 9.17) is 5.11 Å². The van der Waals surface area contributed by atoms with Crippen molar-refractivity contribution in [2.75, 3.05) is 26.7 Å². The van der Waals surface area contributed by atoms with E-state index < -0.39 is 12.4 Å². The quantitative estimate of drug-likeness (QED) is 0.753. The van der Waals surface area contributed by atoms with Gasteiger partial charge in [-0.15, -0.1) is 0 Å². The number of rotatable bonds is 3. The van der Waals surface area contributed by atoms with E-state index in [9.17, 15) is 9.59 Å². The van der Waals surface area contributed by atoms with Crippen LogP contribution < -0.4 is 0 Å². The van der Waals surface area contributed by atoms with Crippen molar-refractivity contribution in [3.05, 3.63) is 11.8 Å². The Balaban J connectivity index is 0.00000137. The summed E-state index contributed by atoms with van der Waals surface area (Å²) in [6.07, 6.45) is 1.22. The van der Waals surface area contributed by atoms with Crippen LogP contribution in [0.25, 0.3) is 0 Å². The van der Waals surface area contributed by atoms with Crippen LogP contribution in [0.4, 0.5) is 0 Å². The Morgan fingerprint density at radius 3 is 2.39 bits per heavy atom. The molecule has 0 radical (unpaired) electrons. The minimum Gasteiger partial charge on any atom is -0.388 e. The van der Waals surface area contributed by atoms with Gasteiger partial charge in [-0.25, -0.2) is 0 Å². The van der Waals surface area contributed by atoms with Crippen LogP contribution in [-0.2, 0) is 9.59 Å². The van der Waals surface area contributed by atoms with Gasteiger partial charge in [0.25, 0.3) is 5.91 Å². The van der Waals surface area contributed by atoms with Crippen LogP contribution in [-0.4, -0.2) is 59.4 Å². The van der Waals surface area contributed by atoms with E-state index in [0.29, 0.717) is 18.8 Å². The molecule has 0 spiro atoms. The van der Waals surface area contributed by atoms with E-state index >= 15 is 0 Å². The van der Waals surface area contributed by atoms with Crippen molar-refractivity contribution in [3.63, 3.8) is 0 Å². The first-order valence-corrected chi connectivity index (χ1v) is 6.35. The lowest BCUT2D eigenvalue weighted by atomic mass is 10.1. The fourth-order valence-electron chi connectivity index (χ4n) is 1.65. The predicted octanol–water partition coefficient (Wildman–Crippen LogP) is 0.640. The van der Waals surface area contributed by atoms with Crippen LogP contribution in [0.3, 0.4) is 0 Å². The van der Waals surface area contributed by atoms with Gasteiger partial charge in [0.1, 0.15) is 12.3 Å². The third-order valence-corrected chi connectivity index (χ3v) is 2.64. The number of carbonyl (C=O) groups is 2. The fourth-order valence-corrected chi connectivity index (χ4v) is 1.65. The zero-order chi connectivity index (χ0) is 14.3. The average Bonchev–Trinajstić information content (AvgIpc) is 2.36. The molecule has 0 atom stereocenters. The van der Waals surface area contributed by atoms with Gasteiger partial charge in [0, 0.05) is 32.3 Å². The Morgan fingerprint density at radius 1 is 1.39 bits per heavy atom. The Morgan fingerprint density at radius 2 is 1.94 bits per heavy atom. The lowest BCUT2D eigenvalue weighted by Crippen LogP contribution is -2.50. The van der Waals surface area contributed by atoms with Crippen LogP contribution >= 0.6 is 0 Å². The minimum atomic E-state index is -0.563. The van der Waals surface area contributed by atoms with Crippen molar-refractivity contribution >= 4 is 11.7 Å². The molecule has 0 saturated carbocycles. The number of aliphatic hydroxyl groups excluding tert-OH is 1. The Kier molecular flexibility index (Phi) is 7.27. The number of likely N-dealkylation sites (N-methyl/N-ethyl adjacent to an activating group) is 1. The summed E-state index contributed by atoms with van der Waals surface area (Å²) < 4.78 is 0. The molecule has 5 nitrogen and oxygen atoms in total. The third kappa shape index (κ3) is 4.14. The molecule has 1 heterocycles. The first kappa shape index (κ1) is 16.6.